The van der Waals surface area contributed by atoms with Crippen molar-refractivity contribution in [2.24, 2.45) is 22.2 Å². The first-order valence-corrected chi connectivity index (χ1v) is 4.09. The van der Waals surface area contributed by atoms with Gasteiger partial charge in [-0.1, -0.05) is 0 Å². The fraction of sp³-hybridized carbons (Fsp3) is 0.667. The van der Waals surface area contributed by atoms with E-state index < -0.39 is 12.0 Å². The van der Waals surface area contributed by atoms with Crippen LogP contribution in [0.1, 0.15) is 12.8 Å². The molecule has 1 unspecified atom stereocenters. The van der Waals surface area contributed by atoms with E-state index >= 15 is 0 Å². The Labute approximate surface area is 88.1 Å². The second-order valence-electron chi connectivity index (χ2n) is 2.51. The van der Waals surface area contributed by atoms with E-state index in [1.807, 2.05) is 0 Å². The van der Waals surface area contributed by atoms with Gasteiger partial charge in [0.05, 0.1) is 0 Å². The van der Waals surface area contributed by atoms with Gasteiger partial charge >= 0.3 is 13.7 Å². The summed E-state index contributed by atoms with van der Waals surface area (Å²) in [6, 6.07) is -0.820. The van der Waals surface area contributed by atoms with Gasteiger partial charge in [0.25, 0.3) is 0 Å². The number of hydrogen-bond donors (Lipinski definition) is 6. The number of aliphatic imine (C=N–C) groups is 1. The Balaban J connectivity index is 0. The zero-order valence-electron chi connectivity index (χ0n) is 8.21. The summed E-state index contributed by atoms with van der Waals surface area (Å²) in [5.41, 5.74) is 15.3. The first-order chi connectivity index (χ1) is 6.95. The molecule has 1 atom stereocenters. The van der Waals surface area contributed by atoms with Crippen molar-refractivity contribution in [3.63, 3.8) is 0 Å². The Morgan fingerprint density at radius 2 is 1.87 bits per heavy atom. The maximum atomic E-state index is 10.2. The fourth-order valence-electron chi connectivity index (χ4n) is 0.643. The van der Waals surface area contributed by atoms with Crippen molar-refractivity contribution in [1.29, 1.82) is 0 Å². The van der Waals surface area contributed by atoms with Crippen LogP contribution in [0, 0.1) is 0 Å². The zero-order valence-corrected chi connectivity index (χ0v) is 8.21. The van der Waals surface area contributed by atoms with Crippen molar-refractivity contribution in [2.75, 3.05) is 6.54 Å². The van der Waals surface area contributed by atoms with E-state index in [0.29, 0.717) is 19.4 Å². The second kappa shape index (κ2) is 10.8. The minimum absolute atomic E-state index is 0. The SMILES string of the molecule is NC(N)=NCCCC(N)C(=O)O.O[B]O. The van der Waals surface area contributed by atoms with Gasteiger partial charge in [-0.15, -0.1) is 0 Å². The van der Waals surface area contributed by atoms with Crippen LogP contribution in [-0.4, -0.2) is 47.4 Å². The fourth-order valence-corrected chi connectivity index (χ4v) is 0.643. The number of rotatable bonds is 5. The summed E-state index contributed by atoms with van der Waals surface area (Å²) >= 11 is 0. The molecule has 8 nitrogen and oxygen atoms in total. The lowest BCUT2D eigenvalue weighted by atomic mass is 10.2. The molecule has 0 saturated carbocycles. The molecule has 0 spiro atoms. The highest BCUT2D eigenvalue weighted by Gasteiger charge is 2.09. The molecule has 87 valence electrons. The molecule has 0 bridgehead atoms. The van der Waals surface area contributed by atoms with Crippen LogP contribution in [0.5, 0.6) is 0 Å². The molecule has 15 heavy (non-hydrogen) atoms. The molecule has 0 aromatic rings. The minimum atomic E-state index is -1.00. The summed E-state index contributed by atoms with van der Waals surface area (Å²) in [6.45, 7) is 0.420. The summed E-state index contributed by atoms with van der Waals surface area (Å²) in [7, 11) is 0. The van der Waals surface area contributed by atoms with Crippen molar-refractivity contribution in [3.8, 4) is 0 Å². The predicted molar refractivity (Wildman–Crippen MR) is 55.7 cm³/mol. The molecule has 0 amide bonds. The number of guanidine groups is 1. The maximum absolute atomic E-state index is 10.2. The second-order valence-corrected chi connectivity index (χ2v) is 2.51. The Morgan fingerprint density at radius 1 is 1.40 bits per heavy atom. The van der Waals surface area contributed by atoms with Crippen molar-refractivity contribution < 1.29 is 19.9 Å². The molecule has 1 radical (unpaired) electrons. The molecule has 0 heterocycles. The molecule has 0 rings (SSSR count). The number of nitrogens with zero attached hydrogens (tertiary/aromatic N) is 1. The number of hydrogen-bond acceptors (Lipinski definition) is 5. The Bertz CT molecular complexity index is 198. The predicted octanol–water partition coefficient (Wildman–Crippen LogP) is -3.04. The van der Waals surface area contributed by atoms with Crippen LogP contribution >= 0.6 is 0 Å². The standard InChI is InChI=1S/C6H14N4O2.BH2O2/c7-4(5(11)12)2-1-3-10-6(8)9;2-1-3/h4H,1-3,7H2,(H,11,12)(H4,8,9,10);2-3H. The molecule has 0 saturated heterocycles. The number of carbonyl (C=O) groups is 1. The molecule has 0 aromatic heterocycles. The monoisotopic (exact) mass is 219 g/mol. The molecule has 0 fully saturated rings. The smallest absolute Gasteiger partial charge is 0.480 e. The molecular formula is C6H16BN4O4. The summed E-state index contributed by atoms with van der Waals surface area (Å²) < 4.78 is 0. The third-order valence-electron chi connectivity index (χ3n) is 1.28. The largest absolute Gasteiger partial charge is 0.482 e. The summed E-state index contributed by atoms with van der Waals surface area (Å²) in [4.78, 5) is 13.9. The third kappa shape index (κ3) is 15.4. The van der Waals surface area contributed by atoms with Gasteiger partial charge in [0.1, 0.15) is 6.04 Å². The quantitative estimate of drug-likeness (QED) is 0.123. The Hall–Kier alpha value is -1.32. The van der Waals surface area contributed by atoms with Gasteiger partial charge in [-0.3, -0.25) is 9.79 Å². The van der Waals surface area contributed by atoms with Crippen LogP contribution < -0.4 is 17.2 Å². The molecule has 9 heteroatoms. The van der Waals surface area contributed by atoms with E-state index in [9.17, 15) is 4.79 Å². The van der Waals surface area contributed by atoms with Crippen LogP contribution in [0.15, 0.2) is 4.99 Å². The van der Waals surface area contributed by atoms with Crippen LogP contribution in [0.4, 0.5) is 0 Å². The van der Waals surface area contributed by atoms with Gasteiger partial charge in [-0.25, -0.2) is 0 Å². The van der Waals surface area contributed by atoms with Gasteiger partial charge in [-0.05, 0) is 12.8 Å². The Morgan fingerprint density at radius 3 is 2.20 bits per heavy atom. The van der Waals surface area contributed by atoms with E-state index in [1.54, 1.807) is 0 Å². The zero-order chi connectivity index (χ0) is 12.3. The first-order valence-electron chi connectivity index (χ1n) is 4.09. The average Bonchev–Trinajstić information content (AvgIpc) is 2.12. The summed E-state index contributed by atoms with van der Waals surface area (Å²) in [6.07, 6.45) is 0.956. The maximum Gasteiger partial charge on any atom is 0.482 e. The van der Waals surface area contributed by atoms with Crippen molar-refractivity contribution in [1.82, 2.24) is 0 Å². The molecule has 0 aliphatic rings. The average molecular weight is 219 g/mol. The molecule has 0 aliphatic carbocycles. The lowest BCUT2D eigenvalue weighted by Crippen LogP contribution is -2.30. The normalized spacial score (nSPS) is 10.6. The van der Waals surface area contributed by atoms with E-state index in [0.717, 1.165) is 0 Å². The van der Waals surface area contributed by atoms with E-state index in [4.69, 9.17) is 32.4 Å². The highest BCUT2D eigenvalue weighted by atomic mass is 16.4. The van der Waals surface area contributed by atoms with E-state index in [2.05, 4.69) is 4.99 Å². The van der Waals surface area contributed by atoms with E-state index in [-0.39, 0.29) is 13.6 Å². The van der Waals surface area contributed by atoms with E-state index in [1.165, 1.54) is 0 Å². The Kier molecular flexibility index (Phi) is 11.6. The van der Waals surface area contributed by atoms with Crippen LogP contribution in [0.3, 0.4) is 0 Å². The van der Waals surface area contributed by atoms with Crippen LogP contribution in [0.25, 0.3) is 0 Å². The van der Waals surface area contributed by atoms with Gasteiger partial charge < -0.3 is 32.4 Å². The highest BCUT2D eigenvalue weighted by Crippen LogP contribution is 1.94. The minimum Gasteiger partial charge on any atom is -0.480 e. The number of nitrogens with two attached hydrogens (primary N) is 3. The van der Waals surface area contributed by atoms with Crippen LogP contribution in [0.2, 0.25) is 0 Å². The molecule has 0 aromatic carbocycles. The lowest BCUT2D eigenvalue weighted by molar-refractivity contribution is -0.138. The van der Waals surface area contributed by atoms with Crippen molar-refractivity contribution >= 4 is 19.6 Å². The van der Waals surface area contributed by atoms with Crippen molar-refractivity contribution in [2.45, 2.75) is 18.9 Å². The number of aliphatic carboxylic acids is 1. The first kappa shape index (κ1) is 16.1. The highest BCUT2D eigenvalue weighted by molar-refractivity contribution is 6.13. The topological polar surface area (TPSA) is 168 Å². The lowest BCUT2D eigenvalue weighted by Gasteiger charge is -2.03. The van der Waals surface area contributed by atoms with Gasteiger partial charge in [0.2, 0.25) is 0 Å². The van der Waals surface area contributed by atoms with Crippen molar-refractivity contribution in [3.05, 3.63) is 0 Å². The third-order valence-corrected chi connectivity index (χ3v) is 1.28. The molecule has 9 N–H and O–H groups in total. The number of carboxylic acids is 1. The molecule has 0 aliphatic heterocycles. The summed E-state index contributed by atoms with van der Waals surface area (Å²) in [5, 5.41) is 22.4. The van der Waals surface area contributed by atoms with Gasteiger partial charge in [0, 0.05) is 6.54 Å². The van der Waals surface area contributed by atoms with Gasteiger partial charge in [0.15, 0.2) is 5.96 Å². The summed E-state index contributed by atoms with van der Waals surface area (Å²) in [5.74, 6) is -0.987. The van der Waals surface area contributed by atoms with Gasteiger partial charge in [-0.2, -0.15) is 0 Å². The number of carboxylic acid groups (broad SMARTS) is 1. The molecular weight excluding hydrogens is 203 g/mol. The van der Waals surface area contributed by atoms with Crippen LogP contribution in [-0.2, 0) is 4.79 Å².